The van der Waals surface area contributed by atoms with Crippen molar-refractivity contribution in [3.05, 3.63) is 71.8 Å². The molecule has 0 aliphatic carbocycles. The monoisotopic (exact) mass is 416 g/mol. The number of rotatable bonds is 4. The van der Waals surface area contributed by atoms with Gasteiger partial charge in [0.15, 0.2) is 6.10 Å². The number of carboxylic acid groups (broad SMARTS) is 2. The molecule has 9 heteroatoms. The number of hydrogen-bond donors (Lipinski definition) is 4. The number of carboxylic acids is 2. The summed E-state index contributed by atoms with van der Waals surface area (Å²) in [5, 5.41) is 34.0. The fourth-order valence-corrected chi connectivity index (χ4v) is 1.72. The summed E-state index contributed by atoms with van der Waals surface area (Å²) in [7, 11) is 0. The molecule has 0 amide bonds. The Morgan fingerprint density at radius 2 is 1.07 bits per heavy atom. The van der Waals surface area contributed by atoms with Crippen LogP contribution in [0.25, 0.3) is 0 Å². The molecule has 2 aromatic rings. The van der Waals surface area contributed by atoms with Crippen LogP contribution in [-0.4, -0.2) is 50.7 Å². The Kier molecular flexibility index (Phi) is 11.3. The van der Waals surface area contributed by atoms with E-state index in [9.17, 15) is 22.8 Å². The molecule has 0 spiro atoms. The van der Waals surface area contributed by atoms with E-state index in [2.05, 4.69) is 0 Å². The second-order valence-electron chi connectivity index (χ2n) is 5.93. The summed E-state index contributed by atoms with van der Waals surface area (Å²) in [6.45, 7) is 2.35. The van der Waals surface area contributed by atoms with Crippen LogP contribution >= 0.6 is 0 Å². The van der Waals surface area contributed by atoms with Crippen LogP contribution < -0.4 is 0 Å². The lowest BCUT2D eigenvalue weighted by Gasteiger charge is -2.23. The minimum absolute atomic E-state index is 0.331. The molecular weight excluding hydrogens is 393 g/mol. The van der Waals surface area contributed by atoms with Gasteiger partial charge in [-0.2, -0.15) is 13.2 Å². The van der Waals surface area contributed by atoms with Crippen LogP contribution in [0.1, 0.15) is 34.6 Å². The molecule has 2 aromatic carbocycles. The van der Waals surface area contributed by atoms with Gasteiger partial charge < -0.3 is 20.4 Å². The Hall–Kier alpha value is -2.91. The number of carbonyl (C=O) groups is 2. The maximum atomic E-state index is 11.7. The predicted molar refractivity (Wildman–Crippen MR) is 99.7 cm³/mol. The van der Waals surface area contributed by atoms with E-state index in [1.54, 1.807) is 60.7 Å². The van der Waals surface area contributed by atoms with Crippen LogP contribution in [0, 0.1) is 5.92 Å². The van der Waals surface area contributed by atoms with Crippen LogP contribution in [0.4, 0.5) is 13.2 Å². The largest absolute Gasteiger partial charge is 0.478 e. The molecule has 4 N–H and O–H groups in total. The summed E-state index contributed by atoms with van der Waals surface area (Å²) >= 11 is 0. The Balaban J connectivity index is 0.000000408. The van der Waals surface area contributed by atoms with Gasteiger partial charge in [0.05, 0.1) is 17.2 Å². The maximum absolute atomic E-state index is 11.7. The van der Waals surface area contributed by atoms with Crippen molar-refractivity contribution < 1.29 is 43.2 Å². The number of halogens is 3. The third-order valence-electron chi connectivity index (χ3n) is 3.64. The first-order valence-corrected chi connectivity index (χ1v) is 8.37. The molecular formula is C20H23F3O6. The Labute approximate surface area is 165 Å². The van der Waals surface area contributed by atoms with Crippen molar-refractivity contribution in [1.82, 2.24) is 0 Å². The van der Waals surface area contributed by atoms with Gasteiger partial charge in [-0.25, -0.2) is 9.59 Å². The van der Waals surface area contributed by atoms with Gasteiger partial charge in [0.2, 0.25) is 0 Å². The van der Waals surface area contributed by atoms with E-state index < -0.39 is 36.2 Å². The molecule has 0 fully saturated rings. The second kappa shape index (κ2) is 12.5. The maximum Gasteiger partial charge on any atom is 0.414 e. The minimum Gasteiger partial charge on any atom is -0.478 e. The average Bonchev–Trinajstić information content (AvgIpc) is 2.68. The number of aromatic carboxylic acids is 2. The third kappa shape index (κ3) is 10.9. The highest BCUT2D eigenvalue weighted by molar-refractivity contribution is 5.87. The van der Waals surface area contributed by atoms with E-state index in [4.69, 9.17) is 20.4 Å². The molecule has 0 aliphatic rings. The normalized spacial score (nSPS) is 13.5. The van der Waals surface area contributed by atoms with Crippen LogP contribution in [0.5, 0.6) is 0 Å². The van der Waals surface area contributed by atoms with E-state index >= 15 is 0 Å². The predicted octanol–water partition coefficient (Wildman–Crippen LogP) is 3.70. The van der Waals surface area contributed by atoms with Gasteiger partial charge >= 0.3 is 18.1 Å². The SMILES string of the molecule is CC(O)C(C)C(O)C(F)(F)F.O=C(O)c1ccccc1.O=C(O)c1ccccc1. The van der Waals surface area contributed by atoms with Crippen molar-refractivity contribution in [3.8, 4) is 0 Å². The molecule has 6 nitrogen and oxygen atoms in total. The first-order valence-electron chi connectivity index (χ1n) is 8.37. The summed E-state index contributed by atoms with van der Waals surface area (Å²) in [5.41, 5.74) is 0.662. The molecule has 0 heterocycles. The lowest BCUT2D eigenvalue weighted by molar-refractivity contribution is -0.225. The molecule has 0 aromatic heterocycles. The fourth-order valence-electron chi connectivity index (χ4n) is 1.72. The standard InChI is InChI=1S/2C7H6O2.C6H11F3O2/c2*8-7(9)6-4-2-1-3-5-6;1-3(4(2)10)5(11)6(7,8)9/h2*1-5H,(H,8,9);3-5,10-11H,1-2H3. The topological polar surface area (TPSA) is 115 Å². The van der Waals surface area contributed by atoms with Crippen molar-refractivity contribution in [2.24, 2.45) is 5.92 Å². The number of benzene rings is 2. The Morgan fingerprint density at radius 3 is 1.21 bits per heavy atom. The molecule has 0 saturated carbocycles. The zero-order chi connectivity index (χ0) is 22.6. The van der Waals surface area contributed by atoms with Crippen molar-refractivity contribution in [2.45, 2.75) is 32.2 Å². The quantitative estimate of drug-likeness (QED) is 0.604. The summed E-state index contributed by atoms with van der Waals surface area (Å²) in [6, 6.07) is 16.6. The molecule has 160 valence electrons. The third-order valence-corrected chi connectivity index (χ3v) is 3.64. The lowest BCUT2D eigenvalue weighted by Crippen LogP contribution is -2.39. The number of aliphatic hydroxyl groups is 2. The zero-order valence-electron chi connectivity index (χ0n) is 15.7. The van der Waals surface area contributed by atoms with Gasteiger partial charge in [-0.05, 0) is 31.2 Å². The average molecular weight is 416 g/mol. The molecule has 0 saturated heterocycles. The van der Waals surface area contributed by atoms with Crippen molar-refractivity contribution in [3.63, 3.8) is 0 Å². The number of aliphatic hydroxyl groups excluding tert-OH is 2. The molecule has 0 radical (unpaired) electrons. The van der Waals surface area contributed by atoms with Crippen molar-refractivity contribution in [1.29, 1.82) is 0 Å². The van der Waals surface area contributed by atoms with Gasteiger partial charge in [-0.15, -0.1) is 0 Å². The van der Waals surface area contributed by atoms with Crippen LogP contribution in [0.2, 0.25) is 0 Å². The summed E-state index contributed by atoms with van der Waals surface area (Å²) in [6.07, 6.45) is -8.25. The van der Waals surface area contributed by atoms with Gasteiger partial charge in [0, 0.05) is 5.92 Å². The van der Waals surface area contributed by atoms with E-state index in [0.29, 0.717) is 11.1 Å². The van der Waals surface area contributed by atoms with E-state index in [0.717, 1.165) is 6.92 Å². The molecule has 2 rings (SSSR count). The molecule has 0 bridgehead atoms. The summed E-state index contributed by atoms with van der Waals surface area (Å²) in [5.74, 6) is -2.94. The second-order valence-corrected chi connectivity index (χ2v) is 5.93. The van der Waals surface area contributed by atoms with Crippen molar-refractivity contribution in [2.75, 3.05) is 0 Å². The van der Waals surface area contributed by atoms with Gasteiger partial charge in [-0.3, -0.25) is 0 Å². The first-order chi connectivity index (χ1) is 13.4. The van der Waals surface area contributed by atoms with E-state index in [-0.39, 0.29) is 0 Å². The molecule has 29 heavy (non-hydrogen) atoms. The van der Waals surface area contributed by atoms with E-state index in [1.807, 2.05) is 0 Å². The summed E-state index contributed by atoms with van der Waals surface area (Å²) in [4.78, 5) is 20.4. The van der Waals surface area contributed by atoms with Gasteiger partial charge in [0.25, 0.3) is 0 Å². The molecule has 0 aliphatic heterocycles. The smallest absolute Gasteiger partial charge is 0.414 e. The van der Waals surface area contributed by atoms with Gasteiger partial charge in [0.1, 0.15) is 0 Å². The Bertz CT molecular complexity index is 683. The van der Waals surface area contributed by atoms with E-state index in [1.165, 1.54) is 6.92 Å². The summed E-state index contributed by atoms with van der Waals surface area (Å²) < 4.78 is 35.1. The van der Waals surface area contributed by atoms with Crippen LogP contribution in [0.15, 0.2) is 60.7 Å². The molecule has 3 unspecified atom stereocenters. The number of alkyl halides is 3. The highest BCUT2D eigenvalue weighted by atomic mass is 19.4. The van der Waals surface area contributed by atoms with Gasteiger partial charge in [-0.1, -0.05) is 43.3 Å². The Morgan fingerprint density at radius 1 is 0.759 bits per heavy atom. The fraction of sp³-hybridized carbons (Fsp3) is 0.300. The highest BCUT2D eigenvalue weighted by Gasteiger charge is 2.42. The zero-order valence-corrected chi connectivity index (χ0v) is 15.7. The lowest BCUT2D eigenvalue weighted by atomic mass is 9.99. The molecule has 3 atom stereocenters. The van der Waals surface area contributed by atoms with Crippen molar-refractivity contribution >= 4 is 11.9 Å². The van der Waals surface area contributed by atoms with Crippen LogP contribution in [0.3, 0.4) is 0 Å². The minimum atomic E-state index is -4.64. The first kappa shape index (κ1) is 26.1. The van der Waals surface area contributed by atoms with Crippen LogP contribution in [-0.2, 0) is 0 Å². The number of hydrogen-bond acceptors (Lipinski definition) is 4. The highest BCUT2D eigenvalue weighted by Crippen LogP contribution is 2.26.